The molecule has 0 unspecified atom stereocenters. The number of carbonyl (C=O) groups is 2. The van der Waals surface area contributed by atoms with Gasteiger partial charge in [-0.1, -0.05) is 66.5 Å². The van der Waals surface area contributed by atoms with Crippen molar-refractivity contribution in [1.29, 1.82) is 0 Å². The van der Waals surface area contributed by atoms with Crippen LogP contribution >= 0.6 is 23.2 Å². The summed E-state index contributed by atoms with van der Waals surface area (Å²) in [6, 6.07) is 12.4. The van der Waals surface area contributed by atoms with E-state index in [1.165, 1.54) is 5.57 Å². The Hall–Kier alpha value is -3.56. The summed E-state index contributed by atoms with van der Waals surface area (Å²) in [7, 11) is 0. The monoisotopic (exact) mass is 621 g/mol. The number of aromatic amines is 1. The highest BCUT2D eigenvalue weighted by atomic mass is 35.5. The van der Waals surface area contributed by atoms with Crippen molar-refractivity contribution in [2.45, 2.75) is 77.5 Å². The van der Waals surface area contributed by atoms with Gasteiger partial charge < -0.3 is 10.2 Å². The van der Waals surface area contributed by atoms with Gasteiger partial charge in [-0.2, -0.15) is 5.21 Å². The maximum Gasteiger partial charge on any atom is 0.275 e. The van der Waals surface area contributed by atoms with Crippen molar-refractivity contribution in [1.82, 2.24) is 30.8 Å². The smallest absolute Gasteiger partial charge is 0.275 e. The molecule has 11 heteroatoms. The molecule has 3 aromatic rings. The van der Waals surface area contributed by atoms with Crippen LogP contribution in [0.15, 0.2) is 59.6 Å². The topological polar surface area (TPSA) is 116 Å². The fourth-order valence-electron chi connectivity index (χ4n) is 6.16. The van der Waals surface area contributed by atoms with Crippen LogP contribution in [0, 0.1) is 11.8 Å². The maximum absolute atomic E-state index is 14.5. The predicted octanol–water partition coefficient (Wildman–Crippen LogP) is 6.71. The van der Waals surface area contributed by atoms with Crippen molar-refractivity contribution >= 4 is 40.7 Å². The number of aromatic nitrogens is 4. The minimum Gasteiger partial charge on any atom is -0.345 e. The van der Waals surface area contributed by atoms with Crippen molar-refractivity contribution < 1.29 is 9.59 Å². The molecule has 0 bridgehead atoms. The molecule has 2 amide bonds. The second kappa shape index (κ2) is 13.0. The predicted molar refractivity (Wildman–Crippen MR) is 168 cm³/mol. The summed E-state index contributed by atoms with van der Waals surface area (Å²) in [5, 5.41) is 17.4. The third kappa shape index (κ3) is 6.83. The van der Waals surface area contributed by atoms with Crippen molar-refractivity contribution in [3.63, 3.8) is 0 Å². The van der Waals surface area contributed by atoms with Crippen LogP contribution in [0.4, 0.5) is 0 Å². The minimum atomic E-state index is -0.685. The van der Waals surface area contributed by atoms with Gasteiger partial charge in [0.1, 0.15) is 11.4 Å². The summed E-state index contributed by atoms with van der Waals surface area (Å²) in [4.78, 5) is 34.5. The molecule has 2 aromatic carbocycles. The molecule has 9 nitrogen and oxygen atoms in total. The van der Waals surface area contributed by atoms with Gasteiger partial charge in [0.05, 0.1) is 12.6 Å². The van der Waals surface area contributed by atoms with E-state index >= 15 is 0 Å². The van der Waals surface area contributed by atoms with Crippen LogP contribution < -0.4 is 5.32 Å². The third-order valence-corrected chi connectivity index (χ3v) is 8.93. The second-order valence-corrected chi connectivity index (χ2v) is 12.9. The van der Waals surface area contributed by atoms with Gasteiger partial charge in [0.15, 0.2) is 5.82 Å². The van der Waals surface area contributed by atoms with Crippen molar-refractivity contribution in [2.24, 2.45) is 16.8 Å². The average molecular weight is 623 g/mol. The number of halogens is 2. The number of benzene rings is 2. The Morgan fingerprint density at radius 1 is 1.12 bits per heavy atom. The Bertz CT molecular complexity index is 1490. The maximum atomic E-state index is 14.5. The van der Waals surface area contributed by atoms with E-state index < -0.39 is 5.66 Å². The summed E-state index contributed by atoms with van der Waals surface area (Å²) in [5.74, 6) is 0.877. The van der Waals surface area contributed by atoms with E-state index in [0.29, 0.717) is 44.5 Å². The molecule has 1 saturated carbocycles. The molecule has 0 saturated heterocycles. The molecule has 2 N–H and O–H groups in total. The number of nitrogens with zero attached hydrogens (tertiary/aromatic N) is 5. The molecule has 1 fully saturated rings. The molecule has 43 heavy (non-hydrogen) atoms. The molecular formula is C32H37Cl2N7O2. The summed E-state index contributed by atoms with van der Waals surface area (Å²) in [5.41, 5.74) is 2.97. The molecular weight excluding hydrogens is 585 g/mol. The fraction of sp³-hybridized carbons (Fsp3) is 0.438. The molecule has 0 radical (unpaired) electrons. The van der Waals surface area contributed by atoms with Crippen molar-refractivity contribution in [3.05, 3.63) is 87.2 Å². The zero-order valence-corrected chi connectivity index (χ0v) is 26.3. The highest BCUT2D eigenvalue weighted by Gasteiger charge is 2.52. The van der Waals surface area contributed by atoms with Gasteiger partial charge in [-0.25, -0.2) is 0 Å². The van der Waals surface area contributed by atoms with Gasteiger partial charge in [-0.05, 0) is 93.2 Å². The first-order valence-corrected chi connectivity index (χ1v) is 15.5. The van der Waals surface area contributed by atoms with E-state index in [1.54, 1.807) is 30.3 Å². The number of rotatable bonds is 10. The van der Waals surface area contributed by atoms with Gasteiger partial charge in [0.2, 0.25) is 0 Å². The van der Waals surface area contributed by atoms with Gasteiger partial charge in [0, 0.05) is 21.2 Å². The molecule has 2 aliphatic rings. The number of allylic oxidation sites excluding steroid dienone is 1. The van der Waals surface area contributed by atoms with E-state index in [9.17, 15) is 9.59 Å². The van der Waals surface area contributed by atoms with Gasteiger partial charge in [0.25, 0.3) is 11.8 Å². The number of nitrogens with one attached hydrogen (secondary N) is 2. The first-order valence-electron chi connectivity index (χ1n) is 14.7. The summed E-state index contributed by atoms with van der Waals surface area (Å²) >= 11 is 12.7. The standard InChI is InChI=1S/C32H37Cl2N7O2/c1-19(2)5-10-27(22-6-8-23(9-7-22)30(42)35-18-28-37-39-40-38-28)41-31(43)29(24-15-25(33)17-26(34)16-24)36-32(41)13-11-21(12-14-32)20(3)4/h6-9,15-17,19,21,27H,3,5,10-14,18H2,1-2,4H3,(H,35,42)(H,37,38,39,40)/t21?,27-,32?/m1/s1. The fourth-order valence-corrected chi connectivity index (χ4v) is 6.69. The highest BCUT2D eigenvalue weighted by molar-refractivity contribution is 6.47. The van der Waals surface area contributed by atoms with Crippen LogP contribution in [0.25, 0.3) is 0 Å². The largest absolute Gasteiger partial charge is 0.345 e. The first-order chi connectivity index (χ1) is 20.6. The van der Waals surface area contributed by atoms with Gasteiger partial charge >= 0.3 is 0 Å². The average Bonchev–Trinajstić information content (AvgIpc) is 3.59. The number of hydrogen-bond acceptors (Lipinski definition) is 6. The number of amides is 2. The third-order valence-electron chi connectivity index (χ3n) is 8.49. The quantitative estimate of drug-likeness (QED) is 0.244. The van der Waals surface area contributed by atoms with E-state index in [2.05, 4.69) is 53.3 Å². The Kier molecular flexibility index (Phi) is 9.32. The van der Waals surface area contributed by atoms with Crippen LogP contribution in [-0.2, 0) is 11.3 Å². The zero-order chi connectivity index (χ0) is 30.7. The Balaban J connectivity index is 1.49. The number of carbonyl (C=O) groups excluding carboxylic acids is 2. The van der Waals surface area contributed by atoms with Crippen molar-refractivity contribution in [3.8, 4) is 0 Å². The van der Waals surface area contributed by atoms with E-state index in [4.69, 9.17) is 28.2 Å². The second-order valence-electron chi connectivity index (χ2n) is 12.0. The molecule has 1 aliphatic carbocycles. The molecule has 1 aromatic heterocycles. The Morgan fingerprint density at radius 2 is 1.79 bits per heavy atom. The molecule has 1 atom stereocenters. The highest BCUT2D eigenvalue weighted by Crippen LogP contribution is 2.48. The number of aliphatic imine (C=N–C) groups is 1. The van der Waals surface area contributed by atoms with Gasteiger partial charge in [-0.3, -0.25) is 14.6 Å². The van der Waals surface area contributed by atoms with Crippen LogP contribution in [0.2, 0.25) is 10.0 Å². The minimum absolute atomic E-state index is 0.122. The van der Waals surface area contributed by atoms with Crippen LogP contribution in [-0.4, -0.2) is 48.7 Å². The van der Waals surface area contributed by atoms with Gasteiger partial charge in [-0.15, -0.1) is 10.2 Å². The lowest BCUT2D eigenvalue weighted by Gasteiger charge is -2.45. The Labute approximate surface area is 262 Å². The lowest BCUT2D eigenvalue weighted by Crippen LogP contribution is -2.51. The lowest BCUT2D eigenvalue weighted by atomic mass is 9.77. The summed E-state index contributed by atoms with van der Waals surface area (Å²) < 4.78 is 0. The molecule has 1 aliphatic heterocycles. The molecule has 2 heterocycles. The summed E-state index contributed by atoms with van der Waals surface area (Å²) in [6.07, 6.45) is 4.97. The van der Waals surface area contributed by atoms with Crippen LogP contribution in [0.3, 0.4) is 0 Å². The van der Waals surface area contributed by atoms with Crippen LogP contribution in [0.5, 0.6) is 0 Å². The van der Waals surface area contributed by atoms with E-state index in [-0.39, 0.29) is 24.4 Å². The Morgan fingerprint density at radius 3 is 2.37 bits per heavy atom. The van der Waals surface area contributed by atoms with Crippen molar-refractivity contribution in [2.75, 3.05) is 0 Å². The number of H-pyrrole nitrogens is 1. The molecule has 5 rings (SSSR count). The molecule has 226 valence electrons. The summed E-state index contributed by atoms with van der Waals surface area (Å²) in [6.45, 7) is 10.8. The normalized spacial score (nSPS) is 20.9. The van der Waals surface area contributed by atoms with E-state index in [0.717, 1.165) is 44.1 Å². The number of hydrogen-bond donors (Lipinski definition) is 2. The number of tetrazole rings is 1. The zero-order valence-electron chi connectivity index (χ0n) is 24.7. The first kappa shape index (κ1) is 30.9. The lowest BCUT2D eigenvalue weighted by molar-refractivity contribution is -0.133. The molecule has 1 spiro atoms. The SMILES string of the molecule is C=C(C)C1CCC2(CC1)N=C(c1cc(Cl)cc(Cl)c1)C(=O)N2[C@H](CCC(C)C)c1ccc(C(=O)NCc2nn[nH]n2)cc1. The van der Waals surface area contributed by atoms with E-state index in [1.807, 2.05) is 17.0 Å². The van der Waals surface area contributed by atoms with Crippen LogP contribution in [0.1, 0.15) is 92.6 Å².